The van der Waals surface area contributed by atoms with E-state index < -0.39 is 17.7 Å². The number of benzene rings is 1. The van der Waals surface area contributed by atoms with Crippen LogP contribution in [0.5, 0.6) is 0 Å². The minimum Gasteiger partial charge on any atom is -0.271 e. The summed E-state index contributed by atoms with van der Waals surface area (Å²) in [5, 5.41) is 0. The van der Waals surface area contributed by atoms with Crippen molar-refractivity contribution in [1.82, 2.24) is 10.4 Å². The molecule has 0 bridgehead atoms. The van der Waals surface area contributed by atoms with Crippen molar-refractivity contribution < 1.29 is 8.78 Å². The third-order valence-corrected chi connectivity index (χ3v) is 2.73. The van der Waals surface area contributed by atoms with Gasteiger partial charge in [-0.1, -0.05) is 6.07 Å². The van der Waals surface area contributed by atoms with Crippen molar-refractivity contribution in [3.05, 3.63) is 65.5 Å². The van der Waals surface area contributed by atoms with Gasteiger partial charge in [0.25, 0.3) is 0 Å². The molecule has 18 heavy (non-hydrogen) atoms. The molecule has 0 saturated heterocycles. The molecule has 0 radical (unpaired) electrons. The van der Waals surface area contributed by atoms with Gasteiger partial charge in [0, 0.05) is 24.0 Å². The van der Waals surface area contributed by atoms with Gasteiger partial charge in [-0.25, -0.2) is 8.78 Å². The molecule has 0 aliphatic heterocycles. The van der Waals surface area contributed by atoms with Gasteiger partial charge in [-0.3, -0.25) is 16.3 Å². The number of hydrogen-bond donors (Lipinski definition) is 2. The Hall–Kier alpha value is -1.85. The summed E-state index contributed by atoms with van der Waals surface area (Å²) in [6.07, 6.45) is 3.81. The highest BCUT2D eigenvalue weighted by molar-refractivity contribution is 5.24. The number of pyridine rings is 1. The molecule has 94 valence electrons. The SMILES string of the molecule is NNC(Cc1ccncc1)c1ccc(F)cc1F. The Morgan fingerprint density at radius 2 is 1.89 bits per heavy atom. The van der Waals surface area contributed by atoms with Gasteiger partial charge in [-0.15, -0.1) is 0 Å². The van der Waals surface area contributed by atoms with Gasteiger partial charge in [0.2, 0.25) is 0 Å². The van der Waals surface area contributed by atoms with Gasteiger partial charge < -0.3 is 0 Å². The van der Waals surface area contributed by atoms with Crippen molar-refractivity contribution in [2.24, 2.45) is 5.84 Å². The molecule has 1 aromatic carbocycles. The fraction of sp³-hybridized carbons (Fsp3) is 0.154. The van der Waals surface area contributed by atoms with Crippen LogP contribution in [0.2, 0.25) is 0 Å². The predicted molar refractivity (Wildman–Crippen MR) is 64.4 cm³/mol. The maximum atomic E-state index is 13.6. The van der Waals surface area contributed by atoms with Crippen LogP contribution in [-0.4, -0.2) is 4.98 Å². The number of nitrogens with two attached hydrogens (primary N) is 1. The second-order valence-electron chi connectivity index (χ2n) is 3.94. The molecule has 5 heteroatoms. The van der Waals surface area contributed by atoms with E-state index >= 15 is 0 Å². The van der Waals surface area contributed by atoms with E-state index in [1.807, 2.05) is 12.1 Å². The van der Waals surface area contributed by atoms with E-state index in [1.165, 1.54) is 12.1 Å². The second kappa shape index (κ2) is 5.66. The number of nitrogens with zero attached hydrogens (tertiary/aromatic N) is 1. The standard InChI is InChI=1S/C13H13F2N3/c14-10-1-2-11(12(15)8-10)13(18-16)7-9-3-5-17-6-4-9/h1-6,8,13,18H,7,16H2. The van der Waals surface area contributed by atoms with E-state index in [0.29, 0.717) is 12.0 Å². The maximum absolute atomic E-state index is 13.6. The Labute approximate surface area is 104 Å². The van der Waals surface area contributed by atoms with Gasteiger partial charge in [-0.2, -0.15) is 0 Å². The average molecular weight is 249 g/mol. The Morgan fingerprint density at radius 3 is 2.50 bits per heavy atom. The van der Waals surface area contributed by atoms with Crippen molar-refractivity contribution in [3.8, 4) is 0 Å². The molecule has 1 aromatic heterocycles. The number of hydrazine groups is 1. The van der Waals surface area contributed by atoms with Crippen LogP contribution in [0.15, 0.2) is 42.7 Å². The zero-order valence-electron chi connectivity index (χ0n) is 9.61. The van der Waals surface area contributed by atoms with Crippen LogP contribution in [0.3, 0.4) is 0 Å². The Bertz CT molecular complexity index is 517. The van der Waals surface area contributed by atoms with Crippen LogP contribution in [0.1, 0.15) is 17.2 Å². The normalized spacial score (nSPS) is 12.4. The van der Waals surface area contributed by atoms with Crippen molar-refractivity contribution in [3.63, 3.8) is 0 Å². The Kier molecular flexibility index (Phi) is 3.96. The lowest BCUT2D eigenvalue weighted by molar-refractivity contribution is 0.502. The van der Waals surface area contributed by atoms with E-state index in [4.69, 9.17) is 5.84 Å². The lowest BCUT2D eigenvalue weighted by Crippen LogP contribution is -2.30. The summed E-state index contributed by atoms with van der Waals surface area (Å²) in [5.74, 6) is 4.23. The smallest absolute Gasteiger partial charge is 0.130 e. The molecule has 0 fully saturated rings. The monoisotopic (exact) mass is 249 g/mol. The number of aromatic nitrogens is 1. The van der Waals surface area contributed by atoms with Gasteiger partial charge >= 0.3 is 0 Å². The molecule has 1 atom stereocenters. The number of halogens is 2. The highest BCUT2D eigenvalue weighted by Gasteiger charge is 2.15. The first-order valence-corrected chi connectivity index (χ1v) is 5.50. The van der Waals surface area contributed by atoms with Gasteiger partial charge in [-0.05, 0) is 30.2 Å². The Morgan fingerprint density at radius 1 is 1.17 bits per heavy atom. The van der Waals surface area contributed by atoms with Gasteiger partial charge in [0.15, 0.2) is 0 Å². The first kappa shape index (κ1) is 12.6. The third-order valence-electron chi connectivity index (χ3n) is 2.73. The molecule has 1 unspecified atom stereocenters. The number of nitrogens with one attached hydrogen (secondary N) is 1. The zero-order valence-corrected chi connectivity index (χ0v) is 9.61. The lowest BCUT2D eigenvalue weighted by Gasteiger charge is -2.17. The van der Waals surface area contributed by atoms with Crippen molar-refractivity contribution >= 4 is 0 Å². The molecule has 1 heterocycles. The van der Waals surface area contributed by atoms with Crippen LogP contribution in [0.25, 0.3) is 0 Å². The highest BCUT2D eigenvalue weighted by Crippen LogP contribution is 2.21. The minimum atomic E-state index is -0.605. The van der Waals surface area contributed by atoms with E-state index in [1.54, 1.807) is 12.4 Å². The van der Waals surface area contributed by atoms with Crippen LogP contribution < -0.4 is 11.3 Å². The molecule has 3 nitrogen and oxygen atoms in total. The summed E-state index contributed by atoms with van der Waals surface area (Å²) in [4.78, 5) is 3.91. The van der Waals surface area contributed by atoms with Crippen LogP contribution >= 0.6 is 0 Å². The molecule has 0 aliphatic rings. The van der Waals surface area contributed by atoms with Gasteiger partial charge in [0.1, 0.15) is 11.6 Å². The average Bonchev–Trinajstić information content (AvgIpc) is 2.38. The van der Waals surface area contributed by atoms with Crippen molar-refractivity contribution in [1.29, 1.82) is 0 Å². The summed E-state index contributed by atoms with van der Waals surface area (Å²) in [6, 6.07) is 6.71. The number of hydrogen-bond acceptors (Lipinski definition) is 3. The molecule has 0 amide bonds. The molecule has 2 rings (SSSR count). The lowest BCUT2D eigenvalue weighted by atomic mass is 9.99. The molecule has 2 aromatic rings. The first-order valence-electron chi connectivity index (χ1n) is 5.50. The minimum absolute atomic E-state index is 0.343. The fourth-order valence-electron chi connectivity index (χ4n) is 1.80. The predicted octanol–water partition coefficient (Wildman–Crippen LogP) is 2.11. The van der Waals surface area contributed by atoms with E-state index in [9.17, 15) is 8.78 Å². The number of rotatable bonds is 4. The first-order chi connectivity index (χ1) is 8.70. The molecule has 0 spiro atoms. The topological polar surface area (TPSA) is 50.9 Å². The maximum Gasteiger partial charge on any atom is 0.130 e. The van der Waals surface area contributed by atoms with Crippen molar-refractivity contribution in [2.45, 2.75) is 12.5 Å². The quantitative estimate of drug-likeness (QED) is 0.644. The summed E-state index contributed by atoms with van der Waals surface area (Å²) in [5.41, 5.74) is 3.86. The summed E-state index contributed by atoms with van der Waals surface area (Å²) in [7, 11) is 0. The summed E-state index contributed by atoms with van der Waals surface area (Å²) < 4.78 is 26.5. The van der Waals surface area contributed by atoms with E-state index in [2.05, 4.69) is 10.4 Å². The molecule has 3 N–H and O–H groups in total. The fourth-order valence-corrected chi connectivity index (χ4v) is 1.80. The third kappa shape index (κ3) is 2.88. The van der Waals surface area contributed by atoms with E-state index in [0.717, 1.165) is 11.6 Å². The van der Waals surface area contributed by atoms with Crippen molar-refractivity contribution in [2.75, 3.05) is 0 Å². The molecular formula is C13H13F2N3. The van der Waals surface area contributed by atoms with Gasteiger partial charge in [0.05, 0.1) is 6.04 Å². The summed E-state index contributed by atoms with van der Waals surface area (Å²) >= 11 is 0. The molecule has 0 aliphatic carbocycles. The molecular weight excluding hydrogens is 236 g/mol. The molecule has 0 saturated carbocycles. The largest absolute Gasteiger partial charge is 0.271 e. The second-order valence-corrected chi connectivity index (χ2v) is 3.94. The van der Waals surface area contributed by atoms with Crippen LogP contribution in [0, 0.1) is 11.6 Å². The zero-order chi connectivity index (χ0) is 13.0. The highest BCUT2D eigenvalue weighted by atomic mass is 19.1. The van der Waals surface area contributed by atoms with Crippen LogP contribution in [-0.2, 0) is 6.42 Å². The Balaban J connectivity index is 2.23. The summed E-state index contributed by atoms with van der Waals surface area (Å²) in [6.45, 7) is 0. The van der Waals surface area contributed by atoms with Crippen LogP contribution in [0.4, 0.5) is 8.78 Å². The van der Waals surface area contributed by atoms with E-state index in [-0.39, 0.29) is 0 Å².